The van der Waals surface area contributed by atoms with Gasteiger partial charge in [-0.3, -0.25) is 4.79 Å². The number of carbonyl (C=O) groups is 2. The van der Waals surface area contributed by atoms with Crippen LogP contribution in [0.3, 0.4) is 0 Å². The molecule has 0 aliphatic carbocycles. The number of halogens is 1. The number of phenolic OH excluding ortho intramolecular Hbond substituents is 1. The molecule has 1 unspecified atom stereocenters. The fourth-order valence-electron chi connectivity index (χ4n) is 3.46. The quantitative estimate of drug-likeness (QED) is 0.764. The minimum atomic E-state index is -1.73. The summed E-state index contributed by atoms with van der Waals surface area (Å²) in [4.78, 5) is 27.0. The average molecular weight is 406 g/mol. The van der Waals surface area contributed by atoms with E-state index in [4.69, 9.17) is 21.1 Å². The van der Waals surface area contributed by atoms with E-state index in [1.165, 1.54) is 12.0 Å². The molecule has 0 fully saturated rings. The number of benzene rings is 2. The van der Waals surface area contributed by atoms with Crippen molar-refractivity contribution in [3.05, 3.63) is 52.5 Å². The molecular weight excluding hydrogens is 386 g/mol. The fourth-order valence-corrected chi connectivity index (χ4v) is 3.63. The minimum Gasteiger partial charge on any atom is -0.504 e. The van der Waals surface area contributed by atoms with Crippen LogP contribution in [-0.4, -0.2) is 37.9 Å². The number of hydrogen-bond donors (Lipinski definition) is 1. The highest BCUT2D eigenvalue weighted by Crippen LogP contribution is 2.47. The number of para-hydroxylation sites is 1. The third-order valence-electron chi connectivity index (χ3n) is 4.76. The number of methoxy groups -OCH3 is 2. The van der Waals surface area contributed by atoms with Crippen molar-refractivity contribution in [3.63, 3.8) is 0 Å². The second-order valence-electron chi connectivity index (χ2n) is 6.24. The number of anilines is 1. The van der Waals surface area contributed by atoms with E-state index in [0.717, 1.165) is 7.11 Å². The maximum absolute atomic E-state index is 13.4. The van der Waals surface area contributed by atoms with Crippen LogP contribution in [0.4, 0.5) is 10.5 Å². The Morgan fingerprint density at radius 1 is 1.25 bits per heavy atom. The van der Waals surface area contributed by atoms with Crippen LogP contribution in [0.1, 0.15) is 18.1 Å². The number of phenols is 1. The Labute approximate surface area is 167 Å². The van der Waals surface area contributed by atoms with Crippen LogP contribution in [0, 0.1) is 0 Å². The van der Waals surface area contributed by atoms with Gasteiger partial charge in [0, 0.05) is 29.1 Å². The van der Waals surface area contributed by atoms with Crippen LogP contribution >= 0.6 is 11.6 Å². The summed E-state index contributed by atoms with van der Waals surface area (Å²) in [5.74, 6) is -0.334. The summed E-state index contributed by atoms with van der Waals surface area (Å²) in [5, 5.41) is 10.9. The number of amides is 1. The lowest BCUT2D eigenvalue weighted by atomic mass is 9.87. The van der Waals surface area contributed by atoms with Gasteiger partial charge in [0.05, 0.1) is 19.9 Å². The Hall–Kier alpha value is -2.93. The predicted molar refractivity (Wildman–Crippen MR) is 103 cm³/mol. The topological polar surface area (TPSA) is 85.3 Å². The minimum absolute atomic E-state index is 0.117. The van der Waals surface area contributed by atoms with Gasteiger partial charge in [0.1, 0.15) is 0 Å². The van der Waals surface area contributed by atoms with E-state index in [1.54, 1.807) is 36.4 Å². The number of rotatable bonds is 5. The van der Waals surface area contributed by atoms with Gasteiger partial charge in [0.15, 0.2) is 11.5 Å². The van der Waals surface area contributed by atoms with E-state index in [2.05, 4.69) is 4.74 Å². The Bertz CT molecular complexity index is 931. The highest BCUT2D eigenvalue weighted by molar-refractivity contribution is 6.31. The van der Waals surface area contributed by atoms with Gasteiger partial charge in [-0.25, -0.2) is 4.79 Å². The zero-order valence-corrected chi connectivity index (χ0v) is 16.4. The van der Waals surface area contributed by atoms with Crippen molar-refractivity contribution < 1.29 is 28.9 Å². The Morgan fingerprint density at radius 2 is 2.00 bits per heavy atom. The molecule has 1 aliphatic rings. The lowest BCUT2D eigenvalue weighted by Gasteiger charge is -2.28. The van der Waals surface area contributed by atoms with Crippen LogP contribution in [-0.2, 0) is 26.3 Å². The van der Waals surface area contributed by atoms with Crippen molar-refractivity contribution >= 4 is 29.4 Å². The number of likely N-dealkylation sites (N-methyl/N-ethyl adjacent to an activating group) is 1. The van der Waals surface area contributed by atoms with Crippen molar-refractivity contribution in [1.82, 2.24) is 0 Å². The molecule has 1 aliphatic heterocycles. The highest BCUT2D eigenvalue weighted by atomic mass is 35.5. The van der Waals surface area contributed by atoms with Crippen LogP contribution in [0.5, 0.6) is 11.5 Å². The van der Waals surface area contributed by atoms with Crippen molar-refractivity contribution in [1.29, 1.82) is 0 Å². The summed E-state index contributed by atoms with van der Waals surface area (Å²) in [5.41, 5.74) is -0.337. The number of fused-ring (bicyclic) bond motifs is 1. The van der Waals surface area contributed by atoms with Crippen LogP contribution in [0.25, 0.3) is 0 Å². The SMILES string of the molecule is CCN1C(=O)C(Cc2cccc(OC)c2O)(OC(=O)OC)c2cc(Cl)ccc21. The van der Waals surface area contributed by atoms with Gasteiger partial charge in [0.2, 0.25) is 5.60 Å². The van der Waals surface area contributed by atoms with Crippen LogP contribution in [0.2, 0.25) is 5.02 Å². The van der Waals surface area contributed by atoms with Crippen molar-refractivity contribution in [2.45, 2.75) is 18.9 Å². The summed E-state index contributed by atoms with van der Waals surface area (Å²) >= 11 is 6.17. The number of ether oxygens (including phenoxy) is 3. The first-order valence-electron chi connectivity index (χ1n) is 8.61. The van der Waals surface area contributed by atoms with Crippen LogP contribution in [0.15, 0.2) is 36.4 Å². The first-order valence-corrected chi connectivity index (χ1v) is 8.99. The van der Waals surface area contributed by atoms with E-state index < -0.39 is 17.7 Å². The van der Waals surface area contributed by atoms with Gasteiger partial charge in [-0.1, -0.05) is 23.7 Å². The van der Waals surface area contributed by atoms with Gasteiger partial charge < -0.3 is 24.2 Å². The Kier molecular flexibility index (Phi) is 5.38. The van der Waals surface area contributed by atoms with Crippen molar-refractivity contribution in [2.24, 2.45) is 0 Å². The van der Waals surface area contributed by atoms with E-state index >= 15 is 0 Å². The van der Waals surface area contributed by atoms with E-state index in [9.17, 15) is 14.7 Å². The normalized spacial score (nSPS) is 18.0. The first-order chi connectivity index (χ1) is 13.4. The van der Waals surface area contributed by atoms with Gasteiger partial charge >= 0.3 is 6.16 Å². The molecule has 7 nitrogen and oxygen atoms in total. The number of carbonyl (C=O) groups excluding carboxylic acids is 2. The number of hydrogen-bond acceptors (Lipinski definition) is 6. The maximum Gasteiger partial charge on any atom is 0.509 e. The molecule has 148 valence electrons. The van der Waals surface area contributed by atoms with E-state index in [0.29, 0.717) is 28.4 Å². The smallest absolute Gasteiger partial charge is 0.504 e. The molecule has 1 amide bonds. The predicted octanol–water partition coefficient (Wildman–Crippen LogP) is 3.64. The Balaban J connectivity index is 2.21. The molecule has 0 aromatic heterocycles. The molecule has 2 aromatic rings. The second kappa shape index (κ2) is 7.59. The maximum atomic E-state index is 13.4. The molecule has 8 heteroatoms. The Morgan fingerprint density at radius 3 is 2.64 bits per heavy atom. The molecule has 0 saturated heterocycles. The number of nitrogens with zero attached hydrogens (tertiary/aromatic N) is 1. The number of aromatic hydroxyl groups is 1. The van der Waals surface area contributed by atoms with Gasteiger partial charge in [0.25, 0.3) is 5.91 Å². The molecule has 1 heterocycles. The summed E-state index contributed by atoms with van der Waals surface area (Å²) in [6.45, 7) is 2.18. The monoisotopic (exact) mass is 405 g/mol. The summed E-state index contributed by atoms with van der Waals surface area (Å²) in [7, 11) is 2.59. The van der Waals surface area contributed by atoms with E-state index in [1.807, 2.05) is 6.92 Å². The van der Waals surface area contributed by atoms with Gasteiger partial charge in [-0.15, -0.1) is 0 Å². The largest absolute Gasteiger partial charge is 0.509 e. The fraction of sp³-hybridized carbons (Fsp3) is 0.300. The molecule has 0 spiro atoms. The molecule has 1 atom stereocenters. The molecule has 1 N–H and O–H groups in total. The van der Waals surface area contributed by atoms with Crippen molar-refractivity contribution in [3.8, 4) is 11.5 Å². The molecule has 28 heavy (non-hydrogen) atoms. The molecule has 0 radical (unpaired) electrons. The van der Waals surface area contributed by atoms with Crippen LogP contribution < -0.4 is 9.64 Å². The molecule has 0 bridgehead atoms. The van der Waals surface area contributed by atoms with Gasteiger partial charge in [-0.05, 0) is 31.2 Å². The highest BCUT2D eigenvalue weighted by Gasteiger charge is 2.54. The molecule has 2 aromatic carbocycles. The standard InChI is InChI=1S/C20H20ClNO6/c1-4-22-15-9-8-13(21)10-14(15)20(18(22)24,28-19(25)27-3)11-12-6-5-7-16(26-2)17(12)23/h5-10,23H,4,11H2,1-3H3. The summed E-state index contributed by atoms with van der Waals surface area (Å²) in [6, 6.07) is 9.85. The molecular formula is C20H20ClNO6. The zero-order chi connectivity index (χ0) is 20.5. The average Bonchev–Trinajstić information content (AvgIpc) is 2.91. The summed E-state index contributed by atoms with van der Waals surface area (Å²) < 4.78 is 15.3. The van der Waals surface area contributed by atoms with Gasteiger partial charge in [-0.2, -0.15) is 0 Å². The third-order valence-corrected chi connectivity index (χ3v) is 4.99. The lowest BCUT2D eigenvalue weighted by molar-refractivity contribution is -0.139. The molecule has 0 saturated carbocycles. The van der Waals surface area contributed by atoms with E-state index in [-0.39, 0.29) is 17.9 Å². The zero-order valence-electron chi connectivity index (χ0n) is 15.7. The molecule has 3 rings (SSSR count). The third kappa shape index (κ3) is 3.11. The summed E-state index contributed by atoms with van der Waals surface area (Å²) in [6.07, 6.45) is -1.13. The second-order valence-corrected chi connectivity index (χ2v) is 6.68. The first kappa shape index (κ1) is 19.8. The lowest BCUT2D eigenvalue weighted by Crippen LogP contribution is -2.45. The van der Waals surface area contributed by atoms with Crippen molar-refractivity contribution in [2.75, 3.05) is 25.7 Å².